The Kier molecular flexibility index (Phi) is 5.42. The number of carbonyl (C=O) groups excluding carboxylic acids is 1. The predicted octanol–water partition coefficient (Wildman–Crippen LogP) is 3.64. The monoisotopic (exact) mass is 297 g/mol. The fourth-order valence-electron chi connectivity index (χ4n) is 2.11. The van der Waals surface area contributed by atoms with E-state index in [4.69, 9.17) is 0 Å². The van der Waals surface area contributed by atoms with Gasteiger partial charge in [0, 0.05) is 31.0 Å². The molecule has 4 heteroatoms. The molecule has 0 fully saturated rings. The summed E-state index contributed by atoms with van der Waals surface area (Å²) in [5.41, 5.74) is 3.10. The average molecular weight is 297 g/mol. The van der Waals surface area contributed by atoms with Gasteiger partial charge in [0.2, 0.25) is 0 Å². The molecule has 0 saturated carbocycles. The molecule has 0 unspecified atom stereocenters. The van der Waals surface area contributed by atoms with Crippen molar-refractivity contribution in [1.29, 1.82) is 0 Å². The number of likely N-dealkylation sites (N-methyl/N-ethyl adjacent to an activating group) is 1. The van der Waals surface area contributed by atoms with E-state index in [9.17, 15) is 4.79 Å². The van der Waals surface area contributed by atoms with E-state index in [-0.39, 0.29) is 12.1 Å². The van der Waals surface area contributed by atoms with E-state index in [1.807, 2.05) is 56.4 Å². The van der Waals surface area contributed by atoms with Crippen LogP contribution < -0.4 is 15.5 Å². The minimum Gasteiger partial charge on any atom is -0.370 e. The Morgan fingerprint density at radius 2 is 1.73 bits per heavy atom. The van der Waals surface area contributed by atoms with Crippen LogP contribution >= 0.6 is 0 Å². The fourth-order valence-corrected chi connectivity index (χ4v) is 2.11. The number of benzene rings is 2. The summed E-state index contributed by atoms with van der Waals surface area (Å²) in [6, 6.07) is 17.9. The van der Waals surface area contributed by atoms with Crippen LogP contribution in [0.3, 0.4) is 0 Å². The smallest absolute Gasteiger partial charge is 0.319 e. The molecule has 0 aliphatic rings. The number of rotatable bonds is 5. The summed E-state index contributed by atoms with van der Waals surface area (Å²) < 4.78 is 0. The van der Waals surface area contributed by atoms with Crippen molar-refractivity contribution in [2.45, 2.75) is 19.9 Å². The van der Waals surface area contributed by atoms with Crippen molar-refractivity contribution in [3.05, 3.63) is 60.2 Å². The average Bonchev–Trinajstić information content (AvgIpc) is 2.55. The highest BCUT2D eigenvalue weighted by Crippen LogP contribution is 2.13. The van der Waals surface area contributed by atoms with Gasteiger partial charge in [-0.05, 0) is 38.1 Å². The van der Waals surface area contributed by atoms with Crippen LogP contribution in [0.2, 0.25) is 0 Å². The molecule has 22 heavy (non-hydrogen) atoms. The fraction of sp³-hybridized carbons (Fsp3) is 0.278. The zero-order valence-electron chi connectivity index (χ0n) is 13.3. The molecule has 2 aromatic rings. The van der Waals surface area contributed by atoms with Gasteiger partial charge in [0.1, 0.15) is 0 Å². The highest BCUT2D eigenvalue weighted by Gasteiger charge is 2.11. The third-order valence-electron chi connectivity index (χ3n) is 3.69. The van der Waals surface area contributed by atoms with Crippen LogP contribution in [0.25, 0.3) is 0 Å². The lowest BCUT2D eigenvalue weighted by Gasteiger charge is -2.27. The summed E-state index contributed by atoms with van der Waals surface area (Å²) >= 11 is 0. The molecule has 1 atom stereocenters. The van der Waals surface area contributed by atoms with E-state index >= 15 is 0 Å². The summed E-state index contributed by atoms with van der Waals surface area (Å²) in [5.74, 6) is 0. The predicted molar refractivity (Wildman–Crippen MR) is 92.5 cm³/mol. The summed E-state index contributed by atoms with van der Waals surface area (Å²) in [7, 11) is 2.03. The number of carbonyl (C=O) groups is 1. The van der Waals surface area contributed by atoms with E-state index in [0.717, 1.165) is 11.4 Å². The molecule has 0 heterocycles. The number of urea groups is 1. The number of hydrogen-bond acceptors (Lipinski definition) is 2. The molecule has 2 amide bonds. The number of nitrogens with zero attached hydrogens (tertiary/aromatic N) is 1. The Hall–Kier alpha value is -2.49. The van der Waals surface area contributed by atoms with E-state index in [0.29, 0.717) is 6.54 Å². The second-order valence-electron chi connectivity index (χ2n) is 5.50. The van der Waals surface area contributed by atoms with Crippen LogP contribution in [-0.4, -0.2) is 25.7 Å². The van der Waals surface area contributed by atoms with Crippen molar-refractivity contribution < 1.29 is 4.79 Å². The normalized spacial score (nSPS) is 11.6. The van der Waals surface area contributed by atoms with Gasteiger partial charge in [-0.1, -0.05) is 35.9 Å². The van der Waals surface area contributed by atoms with Crippen molar-refractivity contribution in [2.24, 2.45) is 0 Å². The van der Waals surface area contributed by atoms with Crippen LogP contribution in [0.15, 0.2) is 54.6 Å². The lowest BCUT2D eigenvalue weighted by molar-refractivity contribution is 0.251. The van der Waals surface area contributed by atoms with E-state index in [2.05, 4.69) is 34.6 Å². The minimum atomic E-state index is -0.183. The molecule has 2 rings (SSSR count). The second kappa shape index (κ2) is 7.50. The highest BCUT2D eigenvalue weighted by atomic mass is 16.2. The number of para-hydroxylation sites is 1. The molecule has 0 saturated heterocycles. The summed E-state index contributed by atoms with van der Waals surface area (Å²) in [5, 5.41) is 5.74. The molecule has 0 radical (unpaired) electrons. The molecule has 4 nitrogen and oxygen atoms in total. The van der Waals surface area contributed by atoms with Crippen molar-refractivity contribution in [2.75, 3.05) is 23.8 Å². The largest absolute Gasteiger partial charge is 0.370 e. The van der Waals surface area contributed by atoms with Gasteiger partial charge in [0.15, 0.2) is 0 Å². The van der Waals surface area contributed by atoms with E-state index in [1.54, 1.807) is 0 Å². The van der Waals surface area contributed by atoms with Crippen LogP contribution in [0.1, 0.15) is 12.5 Å². The van der Waals surface area contributed by atoms with Gasteiger partial charge in [0.05, 0.1) is 0 Å². The lowest BCUT2D eigenvalue weighted by atomic mass is 10.2. The molecule has 116 valence electrons. The van der Waals surface area contributed by atoms with Gasteiger partial charge in [-0.15, -0.1) is 0 Å². The second-order valence-corrected chi connectivity index (χ2v) is 5.50. The summed E-state index contributed by atoms with van der Waals surface area (Å²) in [6.07, 6.45) is 0. The highest BCUT2D eigenvalue weighted by molar-refractivity contribution is 5.89. The van der Waals surface area contributed by atoms with Crippen molar-refractivity contribution >= 4 is 17.4 Å². The Morgan fingerprint density at radius 1 is 1.09 bits per heavy atom. The van der Waals surface area contributed by atoms with Crippen molar-refractivity contribution in [1.82, 2.24) is 5.32 Å². The van der Waals surface area contributed by atoms with Gasteiger partial charge in [-0.25, -0.2) is 4.79 Å². The van der Waals surface area contributed by atoms with E-state index in [1.165, 1.54) is 5.56 Å². The molecule has 2 N–H and O–H groups in total. The lowest BCUT2D eigenvalue weighted by Crippen LogP contribution is -2.41. The first kappa shape index (κ1) is 15.9. The molecule has 0 aromatic heterocycles. The SMILES string of the molecule is Cc1ccc(NC(=O)NC[C@H](C)N(C)c2ccccc2)cc1. The molecule has 0 aliphatic heterocycles. The van der Waals surface area contributed by atoms with Gasteiger partial charge < -0.3 is 15.5 Å². The standard InChI is InChI=1S/C18H23N3O/c1-14-9-11-16(12-10-14)20-18(22)19-13-15(2)21(3)17-7-5-4-6-8-17/h4-12,15H,13H2,1-3H3,(H2,19,20,22)/t15-/m0/s1. The zero-order valence-corrected chi connectivity index (χ0v) is 13.3. The molecular formula is C18H23N3O. The Labute approximate surface area is 132 Å². The van der Waals surface area contributed by atoms with Crippen LogP contribution in [-0.2, 0) is 0 Å². The molecule has 0 bridgehead atoms. The van der Waals surface area contributed by atoms with Gasteiger partial charge in [0.25, 0.3) is 0 Å². The van der Waals surface area contributed by atoms with Crippen LogP contribution in [0, 0.1) is 6.92 Å². The Bertz CT molecular complexity index is 595. The van der Waals surface area contributed by atoms with Gasteiger partial charge in [-0.3, -0.25) is 0 Å². The Morgan fingerprint density at radius 3 is 2.36 bits per heavy atom. The number of anilines is 2. The molecule has 2 aromatic carbocycles. The van der Waals surface area contributed by atoms with E-state index < -0.39 is 0 Å². The topological polar surface area (TPSA) is 44.4 Å². The van der Waals surface area contributed by atoms with Gasteiger partial charge >= 0.3 is 6.03 Å². The summed E-state index contributed by atoms with van der Waals surface area (Å²) in [6.45, 7) is 4.67. The van der Waals surface area contributed by atoms with Crippen molar-refractivity contribution in [3.63, 3.8) is 0 Å². The quantitative estimate of drug-likeness (QED) is 0.885. The van der Waals surface area contributed by atoms with Crippen molar-refractivity contribution in [3.8, 4) is 0 Å². The third kappa shape index (κ3) is 4.52. The number of amides is 2. The first-order chi connectivity index (χ1) is 10.6. The molecule has 0 aliphatic carbocycles. The number of hydrogen-bond donors (Lipinski definition) is 2. The van der Waals surface area contributed by atoms with Gasteiger partial charge in [-0.2, -0.15) is 0 Å². The Balaban J connectivity index is 1.81. The first-order valence-electron chi connectivity index (χ1n) is 7.45. The number of nitrogens with one attached hydrogen (secondary N) is 2. The molecular weight excluding hydrogens is 274 g/mol. The minimum absolute atomic E-state index is 0.183. The first-order valence-corrected chi connectivity index (χ1v) is 7.45. The third-order valence-corrected chi connectivity index (χ3v) is 3.69. The maximum Gasteiger partial charge on any atom is 0.319 e. The maximum absolute atomic E-state index is 11.9. The number of aryl methyl sites for hydroxylation is 1. The molecule has 0 spiro atoms. The zero-order chi connectivity index (χ0) is 15.9. The maximum atomic E-state index is 11.9. The summed E-state index contributed by atoms with van der Waals surface area (Å²) in [4.78, 5) is 14.1. The van der Waals surface area contributed by atoms with Crippen LogP contribution in [0.4, 0.5) is 16.2 Å². The van der Waals surface area contributed by atoms with Crippen LogP contribution in [0.5, 0.6) is 0 Å².